The average molecular weight is 252 g/mol. The van der Waals surface area contributed by atoms with Crippen molar-refractivity contribution in [3.8, 4) is 0 Å². The Labute approximate surface area is 107 Å². The number of hydrogen-bond donors (Lipinski definition) is 1. The second-order valence-corrected chi connectivity index (χ2v) is 5.46. The van der Waals surface area contributed by atoms with E-state index in [9.17, 15) is 4.79 Å². The molecule has 1 aliphatic heterocycles. The molecule has 0 unspecified atom stereocenters. The zero-order chi connectivity index (χ0) is 12.1. The molecule has 0 radical (unpaired) electrons. The van der Waals surface area contributed by atoms with E-state index in [2.05, 4.69) is 29.8 Å². The minimum atomic E-state index is 0.315. The summed E-state index contributed by atoms with van der Waals surface area (Å²) in [5.41, 5.74) is 0. The maximum atomic E-state index is 12.0. The molecule has 2 rings (SSSR count). The molecule has 0 aliphatic carbocycles. The maximum Gasteiger partial charge on any atom is 0.222 e. The Bertz CT molecular complexity index is 346. The molecule has 0 spiro atoms. The topological polar surface area (TPSA) is 32.3 Å². The van der Waals surface area contributed by atoms with Crippen LogP contribution in [-0.4, -0.2) is 36.5 Å². The van der Waals surface area contributed by atoms with E-state index in [1.165, 1.54) is 4.88 Å². The van der Waals surface area contributed by atoms with Crippen LogP contribution in [0.4, 0.5) is 0 Å². The first-order chi connectivity index (χ1) is 8.31. The smallest absolute Gasteiger partial charge is 0.222 e. The van der Waals surface area contributed by atoms with Crippen LogP contribution in [0.5, 0.6) is 0 Å². The molecule has 1 aromatic heterocycles. The van der Waals surface area contributed by atoms with Gasteiger partial charge in [-0.25, -0.2) is 0 Å². The molecule has 0 saturated carbocycles. The van der Waals surface area contributed by atoms with Crippen molar-refractivity contribution >= 4 is 17.2 Å². The second-order valence-electron chi connectivity index (χ2n) is 4.42. The molecule has 2 heterocycles. The summed E-state index contributed by atoms with van der Waals surface area (Å²) in [6.07, 6.45) is 2.68. The summed E-state index contributed by atoms with van der Waals surface area (Å²) in [6, 6.07) is 4.65. The fourth-order valence-corrected chi connectivity index (χ4v) is 2.90. The molecule has 94 valence electrons. The fourth-order valence-electron chi connectivity index (χ4n) is 2.14. The molecular weight excluding hydrogens is 232 g/mol. The van der Waals surface area contributed by atoms with Crippen LogP contribution in [0.1, 0.15) is 24.6 Å². The molecule has 0 atom stereocenters. The van der Waals surface area contributed by atoms with E-state index >= 15 is 0 Å². The van der Waals surface area contributed by atoms with Crippen LogP contribution in [0.2, 0.25) is 0 Å². The van der Waals surface area contributed by atoms with Crippen LogP contribution in [0.25, 0.3) is 0 Å². The molecule has 1 aliphatic rings. The first-order valence-corrected chi connectivity index (χ1v) is 7.21. The van der Waals surface area contributed by atoms with Crippen molar-refractivity contribution in [1.82, 2.24) is 10.2 Å². The lowest BCUT2D eigenvalue weighted by Crippen LogP contribution is -2.58. The zero-order valence-electron chi connectivity index (χ0n) is 10.3. The highest BCUT2D eigenvalue weighted by atomic mass is 32.1. The van der Waals surface area contributed by atoms with E-state index in [0.717, 1.165) is 32.5 Å². The lowest BCUT2D eigenvalue weighted by Gasteiger charge is -2.37. The van der Waals surface area contributed by atoms with Crippen LogP contribution >= 0.6 is 11.3 Å². The Hall–Kier alpha value is -0.870. The third kappa shape index (κ3) is 3.30. The van der Waals surface area contributed by atoms with E-state index in [4.69, 9.17) is 0 Å². The van der Waals surface area contributed by atoms with Crippen LogP contribution in [-0.2, 0) is 11.2 Å². The lowest BCUT2D eigenvalue weighted by molar-refractivity contribution is -0.134. The monoisotopic (exact) mass is 252 g/mol. The third-order valence-electron chi connectivity index (χ3n) is 3.26. The second kappa shape index (κ2) is 6.17. The number of hydrogen-bond acceptors (Lipinski definition) is 3. The highest BCUT2D eigenvalue weighted by Gasteiger charge is 2.26. The molecule has 1 fully saturated rings. The number of carbonyl (C=O) groups is 1. The number of nitrogens with zero attached hydrogens (tertiary/aromatic N) is 1. The molecule has 1 saturated heterocycles. The summed E-state index contributed by atoms with van der Waals surface area (Å²) >= 11 is 1.78. The minimum Gasteiger partial charge on any atom is -0.337 e. The minimum absolute atomic E-state index is 0.315. The number of likely N-dealkylation sites (N-methyl/N-ethyl adjacent to an activating group) is 1. The van der Waals surface area contributed by atoms with Crippen LogP contribution < -0.4 is 5.32 Å². The average Bonchev–Trinajstić information content (AvgIpc) is 2.75. The molecule has 0 bridgehead atoms. The van der Waals surface area contributed by atoms with Gasteiger partial charge in [-0.15, -0.1) is 11.3 Å². The van der Waals surface area contributed by atoms with Crippen molar-refractivity contribution in [2.75, 3.05) is 19.6 Å². The van der Waals surface area contributed by atoms with Gasteiger partial charge >= 0.3 is 0 Å². The summed E-state index contributed by atoms with van der Waals surface area (Å²) in [7, 11) is 0. The summed E-state index contributed by atoms with van der Waals surface area (Å²) in [6.45, 7) is 4.83. The fraction of sp³-hybridized carbons (Fsp3) is 0.615. The van der Waals surface area contributed by atoms with E-state index in [1.54, 1.807) is 11.3 Å². The summed E-state index contributed by atoms with van der Waals surface area (Å²) in [5.74, 6) is 0.315. The zero-order valence-corrected chi connectivity index (χ0v) is 11.1. The predicted octanol–water partition coefficient (Wildman–Crippen LogP) is 1.89. The van der Waals surface area contributed by atoms with Gasteiger partial charge in [0.25, 0.3) is 0 Å². The predicted molar refractivity (Wildman–Crippen MR) is 71.3 cm³/mol. The molecule has 4 heteroatoms. The van der Waals surface area contributed by atoms with Crippen molar-refractivity contribution in [2.24, 2.45) is 0 Å². The number of aryl methyl sites for hydroxylation is 1. The van der Waals surface area contributed by atoms with Gasteiger partial charge in [0.15, 0.2) is 0 Å². The summed E-state index contributed by atoms with van der Waals surface area (Å²) < 4.78 is 0. The van der Waals surface area contributed by atoms with Gasteiger partial charge in [0, 0.05) is 30.9 Å². The normalized spacial score (nSPS) is 15.6. The van der Waals surface area contributed by atoms with Gasteiger partial charge in [-0.05, 0) is 31.2 Å². The van der Waals surface area contributed by atoms with E-state index < -0.39 is 0 Å². The molecule has 1 amide bonds. The largest absolute Gasteiger partial charge is 0.337 e. The quantitative estimate of drug-likeness (QED) is 0.838. The summed E-state index contributed by atoms with van der Waals surface area (Å²) in [4.78, 5) is 15.4. The SMILES string of the molecule is CCN(C(=O)CCCc1cccs1)C1CNC1. The van der Waals surface area contributed by atoms with Crippen LogP contribution in [0.15, 0.2) is 17.5 Å². The van der Waals surface area contributed by atoms with Crippen molar-refractivity contribution in [3.63, 3.8) is 0 Å². The Kier molecular flexibility index (Phi) is 4.57. The highest BCUT2D eigenvalue weighted by molar-refractivity contribution is 7.09. The Morgan fingerprint density at radius 2 is 2.41 bits per heavy atom. The van der Waals surface area contributed by atoms with Gasteiger partial charge in [-0.2, -0.15) is 0 Å². The number of amides is 1. The van der Waals surface area contributed by atoms with Crippen LogP contribution in [0, 0.1) is 0 Å². The first-order valence-electron chi connectivity index (χ1n) is 6.34. The van der Waals surface area contributed by atoms with E-state index in [0.29, 0.717) is 18.4 Å². The Morgan fingerprint density at radius 3 is 2.94 bits per heavy atom. The van der Waals surface area contributed by atoms with Crippen molar-refractivity contribution in [3.05, 3.63) is 22.4 Å². The molecule has 0 aromatic carbocycles. The maximum absolute atomic E-state index is 12.0. The van der Waals surface area contributed by atoms with Crippen molar-refractivity contribution < 1.29 is 4.79 Å². The standard InChI is InChI=1S/C13H20N2OS/c1-2-15(11-9-14-10-11)13(16)7-3-5-12-6-4-8-17-12/h4,6,8,11,14H,2-3,5,7,9-10H2,1H3. The lowest BCUT2D eigenvalue weighted by atomic mass is 10.1. The molecule has 3 nitrogen and oxygen atoms in total. The number of nitrogens with one attached hydrogen (secondary N) is 1. The van der Waals surface area contributed by atoms with Gasteiger partial charge < -0.3 is 10.2 Å². The third-order valence-corrected chi connectivity index (χ3v) is 4.19. The first kappa shape index (κ1) is 12.6. The van der Waals surface area contributed by atoms with Gasteiger partial charge in [-0.3, -0.25) is 4.79 Å². The Balaban J connectivity index is 1.72. The van der Waals surface area contributed by atoms with Gasteiger partial charge in [0.1, 0.15) is 0 Å². The number of carbonyl (C=O) groups excluding carboxylic acids is 1. The van der Waals surface area contributed by atoms with E-state index in [1.807, 2.05) is 4.90 Å². The van der Waals surface area contributed by atoms with Gasteiger partial charge in [0.05, 0.1) is 6.04 Å². The molecule has 1 N–H and O–H groups in total. The molecular formula is C13H20N2OS. The number of thiophene rings is 1. The van der Waals surface area contributed by atoms with Crippen molar-refractivity contribution in [1.29, 1.82) is 0 Å². The van der Waals surface area contributed by atoms with E-state index in [-0.39, 0.29) is 0 Å². The van der Waals surface area contributed by atoms with Crippen molar-refractivity contribution in [2.45, 2.75) is 32.2 Å². The highest BCUT2D eigenvalue weighted by Crippen LogP contribution is 2.14. The van der Waals surface area contributed by atoms with Gasteiger partial charge in [0.2, 0.25) is 5.91 Å². The Morgan fingerprint density at radius 1 is 1.59 bits per heavy atom. The van der Waals surface area contributed by atoms with Crippen LogP contribution in [0.3, 0.4) is 0 Å². The molecule has 1 aromatic rings. The molecule has 17 heavy (non-hydrogen) atoms. The summed E-state index contributed by atoms with van der Waals surface area (Å²) in [5, 5.41) is 5.31. The van der Waals surface area contributed by atoms with Gasteiger partial charge in [-0.1, -0.05) is 6.07 Å². The number of rotatable bonds is 6.